The Morgan fingerprint density at radius 1 is 1.05 bits per heavy atom. The highest BCUT2D eigenvalue weighted by atomic mass is 32.2. The molecule has 2 aromatic rings. The third kappa shape index (κ3) is 4.43. The molecule has 0 aliphatic carbocycles. The molecule has 106 valence electrons. The summed E-state index contributed by atoms with van der Waals surface area (Å²) in [5.41, 5.74) is 0.917. The van der Waals surface area contributed by atoms with E-state index in [4.69, 9.17) is 4.55 Å². The van der Waals surface area contributed by atoms with Crippen LogP contribution in [-0.4, -0.2) is 24.5 Å². The van der Waals surface area contributed by atoms with Crippen LogP contribution in [0.4, 0.5) is 0 Å². The van der Waals surface area contributed by atoms with E-state index in [0.29, 0.717) is 0 Å². The van der Waals surface area contributed by atoms with Gasteiger partial charge in [-0.1, -0.05) is 42.5 Å². The standard InChI is InChI=1S/C15H16O4S/c16-15(6-3-9-20(17,18)19)11-12-7-8-13-4-1-2-5-14(13)10-12/h1-2,4-5,7-8,10H,3,6,9,11H2,(H,17,18,19). The summed E-state index contributed by atoms with van der Waals surface area (Å²) in [5.74, 6) is -0.389. The number of ketones is 1. The molecule has 0 amide bonds. The van der Waals surface area contributed by atoms with Crippen LogP contribution in [0.2, 0.25) is 0 Å². The summed E-state index contributed by atoms with van der Waals surface area (Å²) in [6.07, 6.45) is 0.605. The van der Waals surface area contributed by atoms with Crippen LogP contribution >= 0.6 is 0 Å². The van der Waals surface area contributed by atoms with E-state index >= 15 is 0 Å². The number of carbonyl (C=O) groups is 1. The van der Waals surface area contributed by atoms with E-state index in [1.54, 1.807) is 0 Å². The van der Waals surface area contributed by atoms with E-state index in [2.05, 4.69) is 0 Å². The Labute approximate surface area is 118 Å². The molecule has 0 aliphatic heterocycles. The third-order valence-corrected chi connectivity index (χ3v) is 3.88. The molecule has 0 unspecified atom stereocenters. The maximum absolute atomic E-state index is 11.8. The summed E-state index contributed by atoms with van der Waals surface area (Å²) in [5, 5.41) is 2.20. The highest BCUT2D eigenvalue weighted by molar-refractivity contribution is 7.85. The van der Waals surface area contributed by atoms with Crippen LogP contribution in [0.25, 0.3) is 10.8 Å². The van der Waals surface area contributed by atoms with Gasteiger partial charge in [-0.15, -0.1) is 0 Å². The van der Waals surface area contributed by atoms with Crippen LogP contribution in [0.15, 0.2) is 42.5 Å². The number of carbonyl (C=O) groups excluding carboxylic acids is 1. The van der Waals surface area contributed by atoms with Gasteiger partial charge in [0.05, 0.1) is 5.75 Å². The largest absolute Gasteiger partial charge is 0.299 e. The Morgan fingerprint density at radius 3 is 2.45 bits per heavy atom. The predicted octanol–water partition coefficient (Wildman–Crippen LogP) is 2.62. The van der Waals surface area contributed by atoms with Gasteiger partial charge in [0.1, 0.15) is 5.78 Å². The smallest absolute Gasteiger partial charge is 0.264 e. The molecule has 0 spiro atoms. The normalized spacial score (nSPS) is 11.7. The zero-order valence-electron chi connectivity index (χ0n) is 11.0. The molecule has 0 aliphatic rings. The van der Waals surface area contributed by atoms with Crippen molar-refractivity contribution in [1.29, 1.82) is 0 Å². The topological polar surface area (TPSA) is 71.4 Å². The van der Waals surface area contributed by atoms with Crippen molar-refractivity contribution in [2.75, 3.05) is 5.75 Å². The summed E-state index contributed by atoms with van der Waals surface area (Å²) >= 11 is 0. The number of benzene rings is 2. The minimum absolute atomic E-state index is 0.0241. The maximum atomic E-state index is 11.8. The van der Waals surface area contributed by atoms with Gasteiger partial charge in [0, 0.05) is 12.8 Å². The number of rotatable bonds is 6. The van der Waals surface area contributed by atoms with Crippen molar-refractivity contribution < 1.29 is 17.8 Å². The van der Waals surface area contributed by atoms with Gasteiger partial charge in [-0.25, -0.2) is 0 Å². The Morgan fingerprint density at radius 2 is 1.75 bits per heavy atom. The van der Waals surface area contributed by atoms with Gasteiger partial charge in [0.25, 0.3) is 10.1 Å². The van der Waals surface area contributed by atoms with Gasteiger partial charge in [0.2, 0.25) is 0 Å². The molecule has 20 heavy (non-hydrogen) atoms. The first-order valence-corrected chi connectivity index (χ1v) is 7.99. The second-order valence-corrected chi connectivity index (χ2v) is 6.36. The van der Waals surface area contributed by atoms with E-state index in [1.165, 1.54) is 0 Å². The van der Waals surface area contributed by atoms with Crippen molar-refractivity contribution in [1.82, 2.24) is 0 Å². The highest BCUT2D eigenvalue weighted by Crippen LogP contribution is 2.16. The second-order valence-electron chi connectivity index (χ2n) is 4.79. The molecule has 1 N–H and O–H groups in total. The molecule has 0 radical (unpaired) electrons. The van der Waals surface area contributed by atoms with Crippen LogP contribution in [0, 0.1) is 0 Å². The van der Waals surface area contributed by atoms with Gasteiger partial charge < -0.3 is 0 Å². The second kappa shape index (κ2) is 6.15. The lowest BCUT2D eigenvalue weighted by molar-refractivity contribution is -0.118. The molecule has 4 nitrogen and oxygen atoms in total. The minimum Gasteiger partial charge on any atom is -0.299 e. The van der Waals surface area contributed by atoms with Gasteiger partial charge >= 0.3 is 0 Å². The summed E-state index contributed by atoms with van der Waals surface area (Å²) < 4.78 is 29.7. The Bertz CT molecular complexity index is 719. The molecule has 0 saturated heterocycles. The minimum atomic E-state index is -3.97. The number of fused-ring (bicyclic) bond motifs is 1. The van der Waals surface area contributed by atoms with Crippen molar-refractivity contribution >= 4 is 26.7 Å². The lowest BCUT2D eigenvalue weighted by Gasteiger charge is -2.03. The summed E-state index contributed by atoms with van der Waals surface area (Å²) in [6, 6.07) is 13.7. The molecule has 2 rings (SSSR count). The van der Waals surface area contributed by atoms with Crippen LogP contribution < -0.4 is 0 Å². The van der Waals surface area contributed by atoms with E-state index in [0.717, 1.165) is 16.3 Å². The van der Waals surface area contributed by atoms with Crippen LogP contribution in [0.3, 0.4) is 0 Å². The van der Waals surface area contributed by atoms with Crippen molar-refractivity contribution in [3.05, 3.63) is 48.0 Å². The fraction of sp³-hybridized carbons (Fsp3) is 0.267. The number of hydrogen-bond donors (Lipinski definition) is 1. The SMILES string of the molecule is O=C(CCCS(=O)(=O)O)Cc1ccc2ccccc2c1. The molecular formula is C15H16O4S. The zero-order chi connectivity index (χ0) is 14.6. The first kappa shape index (κ1) is 14.7. The number of hydrogen-bond acceptors (Lipinski definition) is 3. The summed E-state index contributed by atoms with van der Waals surface area (Å²) in [6.45, 7) is 0. The first-order valence-electron chi connectivity index (χ1n) is 6.38. The van der Waals surface area contributed by atoms with Crippen LogP contribution in [-0.2, 0) is 21.3 Å². The lowest BCUT2D eigenvalue weighted by Crippen LogP contribution is -2.08. The summed E-state index contributed by atoms with van der Waals surface area (Å²) in [7, 11) is -3.97. The zero-order valence-corrected chi connectivity index (χ0v) is 11.8. The molecule has 0 aromatic heterocycles. The van der Waals surface area contributed by atoms with Crippen molar-refractivity contribution in [2.24, 2.45) is 0 Å². The molecule has 0 saturated carbocycles. The average Bonchev–Trinajstić information content (AvgIpc) is 2.37. The van der Waals surface area contributed by atoms with E-state index in [-0.39, 0.29) is 30.8 Å². The fourth-order valence-corrected chi connectivity index (χ4v) is 2.63. The van der Waals surface area contributed by atoms with Gasteiger partial charge in [0.15, 0.2) is 0 Å². The Kier molecular flexibility index (Phi) is 4.52. The number of Topliss-reactive ketones (excluding diaryl/α,β-unsaturated/α-hetero) is 1. The van der Waals surface area contributed by atoms with Gasteiger partial charge in [-0.05, 0) is 22.8 Å². The molecule has 0 atom stereocenters. The Hall–Kier alpha value is -1.72. The monoisotopic (exact) mass is 292 g/mol. The molecule has 2 aromatic carbocycles. The van der Waals surface area contributed by atoms with E-state index < -0.39 is 10.1 Å². The molecule has 0 heterocycles. The molecule has 0 bridgehead atoms. The average molecular weight is 292 g/mol. The van der Waals surface area contributed by atoms with Crippen molar-refractivity contribution in [3.8, 4) is 0 Å². The third-order valence-electron chi connectivity index (χ3n) is 3.07. The Balaban J connectivity index is 1.96. The summed E-state index contributed by atoms with van der Waals surface area (Å²) in [4.78, 5) is 11.8. The van der Waals surface area contributed by atoms with Crippen molar-refractivity contribution in [2.45, 2.75) is 19.3 Å². The van der Waals surface area contributed by atoms with Crippen molar-refractivity contribution in [3.63, 3.8) is 0 Å². The fourth-order valence-electron chi connectivity index (χ4n) is 2.12. The highest BCUT2D eigenvalue weighted by Gasteiger charge is 2.08. The first-order chi connectivity index (χ1) is 9.44. The van der Waals surface area contributed by atoms with Gasteiger partial charge in [-0.2, -0.15) is 8.42 Å². The van der Waals surface area contributed by atoms with E-state index in [1.807, 2.05) is 42.5 Å². The molecular weight excluding hydrogens is 276 g/mol. The maximum Gasteiger partial charge on any atom is 0.264 e. The molecule has 0 fully saturated rings. The molecule has 5 heteroatoms. The van der Waals surface area contributed by atoms with Crippen LogP contribution in [0.1, 0.15) is 18.4 Å². The van der Waals surface area contributed by atoms with E-state index in [9.17, 15) is 13.2 Å². The quantitative estimate of drug-likeness (QED) is 0.831. The lowest BCUT2D eigenvalue weighted by atomic mass is 10.0. The predicted molar refractivity (Wildman–Crippen MR) is 78.3 cm³/mol. The van der Waals surface area contributed by atoms with Crippen LogP contribution in [0.5, 0.6) is 0 Å². The van der Waals surface area contributed by atoms with Gasteiger partial charge in [-0.3, -0.25) is 9.35 Å².